The third-order valence-electron chi connectivity index (χ3n) is 2.58. The van der Waals surface area contributed by atoms with Crippen LogP contribution in [0.25, 0.3) is 0 Å². The molecule has 106 valence electrons. The summed E-state index contributed by atoms with van der Waals surface area (Å²) in [6.45, 7) is 0.196. The molecule has 0 atom stereocenters. The first-order valence-corrected chi connectivity index (χ1v) is 8.17. The number of hydrogen-bond acceptors (Lipinski definition) is 3. The lowest BCUT2D eigenvalue weighted by molar-refractivity contribution is 0.580. The van der Waals surface area contributed by atoms with Gasteiger partial charge in [0.15, 0.2) is 0 Å². The van der Waals surface area contributed by atoms with Crippen LogP contribution in [0.1, 0.15) is 11.1 Å². The van der Waals surface area contributed by atoms with E-state index in [-0.39, 0.29) is 12.3 Å². The van der Waals surface area contributed by atoms with Crippen LogP contribution in [0, 0.1) is 0 Å². The van der Waals surface area contributed by atoms with Crippen molar-refractivity contribution in [2.24, 2.45) is 0 Å². The topological polar surface area (TPSA) is 59.1 Å². The van der Waals surface area contributed by atoms with Gasteiger partial charge in [0, 0.05) is 29.0 Å². The summed E-state index contributed by atoms with van der Waals surface area (Å²) in [6.07, 6.45) is 3.24. The fourth-order valence-corrected chi connectivity index (χ4v) is 3.29. The Bertz CT molecular complexity index is 691. The second-order valence-electron chi connectivity index (χ2n) is 4.18. The van der Waals surface area contributed by atoms with Crippen molar-refractivity contribution in [2.45, 2.75) is 12.3 Å². The molecule has 0 saturated carbocycles. The van der Waals surface area contributed by atoms with Gasteiger partial charge in [0.1, 0.15) is 0 Å². The van der Waals surface area contributed by atoms with E-state index in [1.165, 1.54) is 6.07 Å². The summed E-state index contributed by atoms with van der Waals surface area (Å²) in [5, 5.41) is 0.809. The molecule has 7 heteroatoms. The van der Waals surface area contributed by atoms with E-state index in [9.17, 15) is 8.42 Å². The lowest BCUT2D eigenvalue weighted by Crippen LogP contribution is -2.24. The molecule has 20 heavy (non-hydrogen) atoms. The predicted molar refractivity (Wildman–Crippen MR) is 80.2 cm³/mol. The molecule has 0 aliphatic carbocycles. The van der Waals surface area contributed by atoms with Gasteiger partial charge in [0.05, 0.1) is 5.75 Å². The van der Waals surface area contributed by atoms with Gasteiger partial charge in [-0.2, -0.15) is 0 Å². The van der Waals surface area contributed by atoms with Crippen LogP contribution >= 0.6 is 23.2 Å². The number of aromatic nitrogens is 1. The standard InChI is InChI=1S/C13H12Cl2N2O2S/c14-12-4-3-11(13(15)6-12)9-20(18,19)17-8-10-2-1-5-16-7-10/h1-7,17H,8-9H2. The van der Waals surface area contributed by atoms with E-state index in [0.717, 1.165) is 5.56 Å². The SMILES string of the molecule is O=S(=O)(Cc1ccc(Cl)cc1Cl)NCc1cccnc1. The van der Waals surface area contributed by atoms with Crippen LogP contribution in [0.5, 0.6) is 0 Å². The average molecular weight is 331 g/mol. The largest absolute Gasteiger partial charge is 0.264 e. The molecule has 0 radical (unpaired) electrons. The lowest BCUT2D eigenvalue weighted by Gasteiger charge is -2.08. The molecule has 1 aromatic carbocycles. The van der Waals surface area contributed by atoms with E-state index < -0.39 is 10.0 Å². The zero-order valence-electron chi connectivity index (χ0n) is 10.4. The molecule has 0 saturated heterocycles. The molecule has 0 fully saturated rings. The Balaban J connectivity index is 2.04. The number of nitrogens with zero attached hydrogens (tertiary/aromatic N) is 1. The third-order valence-corrected chi connectivity index (χ3v) is 4.44. The van der Waals surface area contributed by atoms with Gasteiger partial charge in [-0.05, 0) is 29.3 Å². The van der Waals surface area contributed by atoms with Gasteiger partial charge in [-0.3, -0.25) is 4.98 Å². The lowest BCUT2D eigenvalue weighted by atomic mass is 10.2. The highest BCUT2D eigenvalue weighted by Crippen LogP contribution is 2.22. The maximum Gasteiger partial charge on any atom is 0.216 e. The normalized spacial score (nSPS) is 11.5. The van der Waals surface area contributed by atoms with Crippen molar-refractivity contribution in [3.05, 3.63) is 63.9 Å². The van der Waals surface area contributed by atoms with Gasteiger partial charge in [0.25, 0.3) is 0 Å². The summed E-state index contributed by atoms with van der Waals surface area (Å²) in [7, 11) is -3.47. The quantitative estimate of drug-likeness (QED) is 0.916. The summed E-state index contributed by atoms with van der Waals surface area (Å²) >= 11 is 11.7. The molecular weight excluding hydrogens is 319 g/mol. The summed E-state index contributed by atoms with van der Waals surface area (Å²) in [5.74, 6) is -0.191. The molecule has 1 N–H and O–H groups in total. The van der Waals surface area contributed by atoms with Gasteiger partial charge in [-0.15, -0.1) is 0 Å². The molecule has 0 aliphatic rings. The summed E-state index contributed by atoms with van der Waals surface area (Å²) < 4.78 is 26.5. The van der Waals surface area contributed by atoms with Gasteiger partial charge in [-0.1, -0.05) is 35.3 Å². The highest BCUT2D eigenvalue weighted by atomic mass is 35.5. The van der Waals surface area contributed by atoms with E-state index in [0.29, 0.717) is 15.6 Å². The Labute approximate surface area is 127 Å². The molecule has 2 aromatic rings. The Morgan fingerprint density at radius 2 is 2.00 bits per heavy atom. The summed E-state index contributed by atoms with van der Waals surface area (Å²) in [4.78, 5) is 3.92. The number of nitrogens with one attached hydrogen (secondary N) is 1. The summed E-state index contributed by atoms with van der Waals surface area (Å²) in [5.41, 5.74) is 1.30. The minimum Gasteiger partial charge on any atom is -0.264 e. The van der Waals surface area contributed by atoms with Crippen molar-refractivity contribution in [2.75, 3.05) is 0 Å². The van der Waals surface area contributed by atoms with Crippen LogP contribution in [0.15, 0.2) is 42.7 Å². The molecule has 0 spiro atoms. The van der Waals surface area contributed by atoms with Gasteiger partial charge in [-0.25, -0.2) is 13.1 Å². The molecule has 1 heterocycles. The van der Waals surface area contributed by atoms with Crippen molar-refractivity contribution < 1.29 is 8.42 Å². The Morgan fingerprint density at radius 3 is 2.65 bits per heavy atom. The predicted octanol–water partition coefficient (Wildman–Crippen LogP) is 3.01. The second-order valence-corrected chi connectivity index (χ2v) is 6.83. The van der Waals surface area contributed by atoms with E-state index in [1.54, 1.807) is 36.7 Å². The van der Waals surface area contributed by atoms with Gasteiger partial charge < -0.3 is 0 Å². The number of pyridine rings is 1. The average Bonchev–Trinajstić information content (AvgIpc) is 2.41. The fraction of sp³-hybridized carbons (Fsp3) is 0.154. The molecule has 0 aliphatic heterocycles. The van der Waals surface area contributed by atoms with Crippen molar-refractivity contribution in [1.29, 1.82) is 0 Å². The molecule has 1 aromatic heterocycles. The van der Waals surface area contributed by atoms with Gasteiger partial charge in [0.2, 0.25) is 10.0 Å². The molecular formula is C13H12Cl2N2O2S. The van der Waals surface area contributed by atoms with E-state index in [4.69, 9.17) is 23.2 Å². The smallest absolute Gasteiger partial charge is 0.216 e. The molecule has 0 amide bonds. The molecule has 2 rings (SSSR count). The van der Waals surface area contributed by atoms with Crippen LogP contribution in [-0.2, 0) is 22.3 Å². The van der Waals surface area contributed by atoms with Crippen LogP contribution in [0.2, 0.25) is 10.0 Å². The highest BCUT2D eigenvalue weighted by Gasteiger charge is 2.14. The molecule has 0 bridgehead atoms. The number of benzene rings is 1. The van der Waals surface area contributed by atoms with Crippen molar-refractivity contribution in [3.63, 3.8) is 0 Å². The van der Waals surface area contributed by atoms with Crippen molar-refractivity contribution in [1.82, 2.24) is 9.71 Å². The number of rotatable bonds is 5. The first-order valence-electron chi connectivity index (χ1n) is 5.76. The zero-order valence-corrected chi connectivity index (χ0v) is 12.7. The number of halogens is 2. The van der Waals surface area contributed by atoms with E-state index in [2.05, 4.69) is 9.71 Å². The minimum absolute atomic E-state index is 0.191. The van der Waals surface area contributed by atoms with Crippen molar-refractivity contribution >= 4 is 33.2 Å². The van der Waals surface area contributed by atoms with Crippen LogP contribution in [0.4, 0.5) is 0 Å². The fourth-order valence-electron chi connectivity index (χ4n) is 1.59. The third kappa shape index (κ3) is 4.45. The maximum absolute atomic E-state index is 12.0. The highest BCUT2D eigenvalue weighted by molar-refractivity contribution is 7.88. The monoisotopic (exact) mass is 330 g/mol. The number of hydrogen-bond donors (Lipinski definition) is 1. The Kier molecular flexibility index (Phi) is 4.99. The second kappa shape index (κ2) is 6.54. The summed E-state index contributed by atoms with van der Waals surface area (Å²) in [6, 6.07) is 8.28. The molecule has 0 unspecified atom stereocenters. The first-order chi connectivity index (χ1) is 9.46. The van der Waals surface area contributed by atoms with Crippen LogP contribution < -0.4 is 4.72 Å². The number of sulfonamides is 1. The minimum atomic E-state index is -3.47. The zero-order chi connectivity index (χ0) is 14.6. The molecule has 4 nitrogen and oxygen atoms in total. The van der Waals surface area contributed by atoms with Crippen molar-refractivity contribution in [3.8, 4) is 0 Å². The van der Waals surface area contributed by atoms with E-state index >= 15 is 0 Å². The van der Waals surface area contributed by atoms with Crippen LogP contribution in [-0.4, -0.2) is 13.4 Å². The Morgan fingerprint density at radius 1 is 1.20 bits per heavy atom. The van der Waals surface area contributed by atoms with Gasteiger partial charge >= 0.3 is 0 Å². The first kappa shape index (κ1) is 15.3. The van der Waals surface area contributed by atoms with E-state index in [1.807, 2.05) is 0 Å². The maximum atomic E-state index is 12.0. The van der Waals surface area contributed by atoms with Crippen LogP contribution in [0.3, 0.4) is 0 Å². The Hall–Kier alpha value is -1.14.